The van der Waals surface area contributed by atoms with E-state index in [0.29, 0.717) is 12.0 Å². The number of aliphatic imine (C=N–C) groups is 1. The molecule has 1 saturated heterocycles. The number of benzene rings is 1. The lowest BCUT2D eigenvalue weighted by molar-refractivity contribution is -0.127. The number of nitrogens with zero attached hydrogens (tertiary/aromatic N) is 3. The fourth-order valence-electron chi connectivity index (χ4n) is 3.14. The van der Waals surface area contributed by atoms with E-state index >= 15 is 0 Å². The molecule has 1 aromatic heterocycles. The normalized spacial score (nSPS) is 16.9. The van der Waals surface area contributed by atoms with Gasteiger partial charge in [0.2, 0.25) is 5.91 Å². The second-order valence-electron chi connectivity index (χ2n) is 7.12. The molecule has 28 heavy (non-hydrogen) atoms. The Kier molecular flexibility index (Phi) is 7.31. The topological polar surface area (TPSA) is 60.0 Å². The second-order valence-corrected chi connectivity index (χ2v) is 8.15. The number of para-hydroxylation sites is 1. The lowest BCUT2D eigenvalue weighted by Gasteiger charge is -2.20. The van der Waals surface area contributed by atoms with Gasteiger partial charge in [0.15, 0.2) is 5.96 Å². The number of rotatable bonds is 7. The van der Waals surface area contributed by atoms with Gasteiger partial charge in [0.25, 0.3) is 0 Å². The summed E-state index contributed by atoms with van der Waals surface area (Å²) < 4.78 is 0. The third-order valence-electron chi connectivity index (χ3n) is 4.77. The first-order valence-electron chi connectivity index (χ1n) is 9.69. The van der Waals surface area contributed by atoms with Crippen LogP contribution >= 0.6 is 11.3 Å². The van der Waals surface area contributed by atoms with E-state index in [4.69, 9.17) is 0 Å². The summed E-state index contributed by atoms with van der Waals surface area (Å²) in [5.41, 5.74) is 1.25. The lowest BCUT2D eigenvalue weighted by Crippen LogP contribution is -2.45. The second kappa shape index (κ2) is 10.1. The minimum absolute atomic E-state index is 0.00306. The summed E-state index contributed by atoms with van der Waals surface area (Å²) >= 11 is 1.76. The molecule has 150 valence electrons. The van der Waals surface area contributed by atoms with Crippen LogP contribution in [0.1, 0.15) is 11.3 Å². The summed E-state index contributed by atoms with van der Waals surface area (Å²) in [6, 6.07) is 15.0. The molecule has 1 aliphatic rings. The van der Waals surface area contributed by atoms with Gasteiger partial charge < -0.3 is 20.4 Å². The largest absolute Gasteiger partial charge is 0.369 e. The molecule has 6 nitrogen and oxygen atoms in total. The average molecular weight is 400 g/mol. The highest BCUT2D eigenvalue weighted by Crippen LogP contribution is 2.19. The van der Waals surface area contributed by atoms with E-state index in [0.717, 1.165) is 32.5 Å². The van der Waals surface area contributed by atoms with Gasteiger partial charge in [-0.05, 0) is 36.4 Å². The van der Waals surface area contributed by atoms with Crippen molar-refractivity contribution >= 4 is 28.9 Å². The molecule has 1 unspecified atom stereocenters. The zero-order valence-electron chi connectivity index (χ0n) is 16.6. The zero-order valence-corrected chi connectivity index (χ0v) is 17.4. The zero-order chi connectivity index (χ0) is 19.8. The van der Waals surface area contributed by atoms with Crippen LogP contribution in [0.4, 0.5) is 5.69 Å². The van der Waals surface area contributed by atoms with Gasteiger partial charge >= 0.3 is 0 Å². The summed E-state index contributed by atoms with van der Waals surface area (Å²) in [5.74, 6) is 0.711. The van der Waals surface area contributed by atoms with Gasteiger partial charge in [0.1, 0.15) is 6.54 Å². The quantitative estimate of drug-likeness (QED) is 0.554. The van der Waals surface area contributed by atoms with E-state index in [1.54, 1.807) is 30.3 Å². The molecule has 2 heterocycles. The van der Waals surface area contributed by atoms with Crippen molar-refractivity contribution in [1.82, 2.24) is 15.5 Å². The molecule has 0 radical (unpaired) electrons. The van der Waals surface area contributed by atoms with Crippen LogP contribution in [0.5, 0.6) is 0 Å². The van der Waals surface area contributed by atoms with Gasteiger partial charge in [-0.25, -0.2) is 4.99 Å². The number of carbonyl (C=O) groups excluding carboxylic acids is 1. The highest BCUT2D eigenvalue weighted by Gasteiger charge is 2.23. The van der Waals surface area contributed by atoms with Gasteiger partial charge in [-0.2, -0.15) is 0 Å². The molecule has 2 aromatic rings. The van der Waals surface area contributed by atoms with Crippen molar-refractivity contribution in [1.29, 1.82) is 0 Å². The Morgan fingerprint density at radius 1 is 1.25 bits per heavy atom. The van der Waals surface area contributed by atoms with Gasteiger partial charge in [0.05, 0.1) is 0 Å². The van der Waals surface area contributed by atoms with E-state index in [-0.39, 0.29) is 12.5 Å². The highest BCUT2D eigenvalue weighted by atomic mass is 32.1. The summed E-state index contributed by atoms with van der Waals surface area (Å²) in [6.07, 6.45) is 1.99. The summed E-state index contributed by atoms with van der Waals surface area (Å²) in [4.78, 5) is 21.7. The first-order chi connectivity index (χ1) is 13.6. The van der Waals surface area contributed by atoms with Crippen molar-refractivity contribution in [3.63, 3.8) is 0 Å². The molecule has 0 bridgehead atoms. The maximum atomic E-state index is 11.9. The number of carbonyl (C=O) groups is 1. The molecule has 1 aliphatic heterocycles. The van der Waals surface area contributed by atoms with Crippen molar-refractivity contribution in [2.75, 3.05) is 45.2 Å². The van der Waals surface area contributed by atoms with Crippen LogP contribution in [0.25, 0.3) is 0 Å². The van der Waals surface area contributed by atoms with Gasteiger partial charge in [-0.3, -0.25) is 4.79 Å². The van der Waals surface area contributed by atoms with E-state index in [2.05, 4.69) is 62.3 Å². The Morgan fingerprint density at radius 2 is 2.07 bits per heavy atom. The maximum Gasteiger partial charge on any atom is 0.243 e. The Hall–Kier alpha value is -2.54. The summed E-state index contributed by atoms with van der Waals surface area (Å²) in [7, 11) is 3.51. The number of amides is 1. The third kappa shape index (κ3) is 5.99. The fourth-order valence-corrected chi connectivity index (χ4v) is 3.85. The van der Waals surface area contributed by atoms with E-state index in [1.165, 1.54) is 10.6 Å². The molecule has 0 aliphatic carbocycles. The molecule has 2 N–H and O–H groups in total. The number of thiophene rings is 1. The maximum absolute atomic E-state index is 11.9. The summed E-state index contributed by atoms with van der Waals surface area (Å²) in [6.45, 7) is 2.88. The number of nitrogens with one attached hydrogen (secondary N) is 2. The monoisotopic (exact) mass is 399 g/mol. The van der Waals surface area contributed by atoms with Gasteiger partial charge in [0, 0.05) is 50.3 Å². The Morgan fingerprint density at radius 3 is 2.79 bits per heavy atom. The Balaban J connectivity index is 1.56. The Bertz CT molecular complexity index is 760. The van der Waals surface area contributed by atoms with Crippen LogP contribution in [0.15, 0.2) is 52.8 Å². The van der Waals surface area contributed by atoms with Crippen molar-refractivity contribution in [3.05, 3.63) is 52.7 Å². The van der Waals surface area contributed by atoms with Gasteiger partial charge in [-0.15, -0.1) is 11.3 Å². The van der Waals surface area contributed by atoms with Crippen LogP contribution in [0.2, 0.25) is 0 Å². The van der Waals surface area contributed by atoms with E-state index in [1.807, 2.05) is 6.07 Å². The lowest BCUT2D eigenvalue weighted by atomic mass is 10.2. The number of hydrogen-bond acceptors (Lipinski definition) is 4. The number of likely N-dealkylation sites (N-methyl/N-ethyl adjacent to an activating group) is 1. The fraction of sp³-hybridized carbons (Fsp3) is 0.429. The molecule has 1 amide bonds. The van der Waals surface area contributed by atoms with Crippen LogP contribution in [-0.4, -0.2) is 63.1 Å². The van der Waals surface area contributed by atoms with Crippen LogP contribution in [0, 0.1) is 0 Å². The number of anilines is 1. The first kappa shape index (κ1) is 20.2. The number of guanidine groups is 1. The van der Waals surface area contributed by atoms with Gasteiger partial charge in [-0.1, -0.05) is 24.3 Å². The standard InChI is InChI=1S/C21H29N5OS/c1-25(2)20(27)15-23-21(22-12-10-19-9-6-14-28-19)24-17-11-13-26(16-17)18-7-4-3-5-8-18/h3-9,14,17H,10-13,15-16H2,1-2H3,(H2,22,23,24). The molecule has 0 saturated carbocycles. The van der Waals surface area contributed by atoms with Crippen molar-refractivity contribution < 1.29 is 4.79 Å². The van der Waals surface area contributed by atoms with Crippen LogP contribution in [0.3, 0.4) is 0 Å². The SMILES string of the molecule is CN(C)C(=O)CN=C(NCCc1cccs1)NC1CCN(c2ccccc2)C1. The summed E-state index contributed by atoms with van der Waals surface area (Å²) in [5, 5.41) is 9.00. The van der Waals surface area contributed by atoms with E-state index < -0.39 is 0 Å². The highest BCUT2D eigenvalue weighted by molar-refractivity contribution is 7.09. The smallest absolute Gasteiger partial charge is 0.243 e. The minimum atomic E-state index is -0.00306. The molecule has 3 rings (SSSR count). The molecule has 1 atom stereocenters. The van der Waals surface area contributed by atoms with Crippen molar-refractivity contribution in [2.24, 2.45) is 4.99 Å². The predicted molar refractivity (Wildman–Crippen MR) is 117 cm³/mol. The Labute approximate surface area is 171 Å². The van der Waals surface area contributed by atoms with Crippen molar-refractivity contribution in [2.45, 2.75) is 18.9 Å². The molecular weight excluding hydrogens is 370 g/mol. The average Bonchev–Trinajstić information content (AvgIpc) is 3.38. The molecule has 1 aromatic carbocycles. The first-order valence-corrected chi connectivity index (χ1v) is 10.6. The van der Waals surface area contributed by atoms with Crippen molar-refractivity contribution in [3.8, 4) is 0 Å². The van der Waals surface area contributed by atoms with E-state index in [9.17, 15) is 4.79 Å². The molecule has 0 spiro atoms. The molecular formula is C21H29N5OS. The van der Waals surface area contributed by atoms with Crippen LogP contribution in [-0.2, 0) is 11.2 Å². The number of hydrogen-bond donors (Lipinski definition) is 2. The molecule has 7 heteroatoms. The van der Waals surface area contributed by atoms with Crippen LogP contribution < -0.4 is 15.5 Å². The predicted octanol–water partition coefficient (Wildman–Crippen LogP) is 2.19. The molecule has 1 fully saturated rings. The third-order valence-corrected chi connectivity index (χ3v) is 5.70. The minimum Gasteiger partial charge on any atom is -0.369 e.